The number of nitrogens with one attached hydrogen (secondary N) is 2. The summed E-state index contributed by atoms with van der Waals surface area (Å²) in [6.07, 6.45) is 0.769. The first kappa shape index (κ1) is 15.5. The molecule has 0 aliphatic heterocycles. The smallest absolute Gasteiger partial charge is 0.319 e. The van der Waals surface area contributed by atoms with Gasteiger partial charge in [0.25, 0.3) is 0 Å². The maximum Gasteiger partial charge on any atom is 0.319 e. The predicted octanol–water partition coefficient (Wildman–Crippen LogP) is 2.88. The average Bonchev–Trinajstić information content (AvgIpc) is 2.27. The Kier molecular flexibility index (Phi) is 5.36. The minimum atomic E-state index is -0.182. The third-order valence-electron chi connectivity index (χ3n) is 3.08. The van der Waals surface area contributed by atoms with Crippen LogP contribution in [0.25, 0.3) is 0 Å². The van der Waals surface area contributed by atoms with Crippen molar-refractivity contribution in [2.24, 2.45) is 11.1 Å². The highest BCUT2D eigenvalue weighted by molar-refractivity contribution is 5.89. The zero-order valence-corrected chi connectivity index (χ0v) is 12.3. The number of nitrogens with two attached hydrogens (primary N) is 1. The van der Waals surface area contributed by atoms with Crippen LogP contribution in [-0.4, -0.2) is 18.6 Å². The third kappa shape index (κ3) is 5.30. The number of hydrogen-bond acceptors (Lipinski definition) is 2. The zero-order chi connectivity index (χ0) is 14.5. The summed E-state index contributed by atoms with van der Waals surface area (Å²) in [5, 5.41) is 5.85. The quantitative estimate of drug-likeness (QED) is 0.782. The number of urea groups is 1. The van der Waals surface area contributed by atoms with Gasteiger partial charge in [-0.05, 0) is 43.0 Å². The SMILES string of the molecule is Cc1cccc(NC(=O)NC(CCN)C(C)(C)C)c1. The first-order chi connectivity index (χ1) is 8.82. The molecular formula is C15H25N3O. The van der Waals surface area contributed by atoms with Crippen molar-refractivity contribution >= 4 is 11.7 Å². The number of hydrogen-bond donors (Lipinski definition) is 3. The van der Waals surface area contributed by atoms with Crippen molar-refractivity contribution in [3.05, 3.63) is 29.8 Å². The van der Waals surface area contributed by atoms with E-state index < -0.39 is 0 Å². The van der Waals surface area contributed by atoms with Crippen molar-refractivity contribution in [2.45, 2.75) is 40.2 Å². The fourth-order valence-corrected chi connectivity index (χ4v) is 1.94. The van der Waals surface area contributed by atoms with E-state index in [1.54, 1.807) is 0 Å². The van der Waals surface area contributed by atoms with Crippen molar-refractivity contribution in [1.29, 1.82) is 0 Å². The lowest BCUT2D eigenvalue weighted by molar-refractivity contribution is 0.225. The second-order valence-corrected chi connectivity index (χ2v) is 5.96. The van der Waals surface area contributed by atoms with Gasteiger partial charge in [0.2, 0.25) is 0 Å². The molecule has 1 aromatic carbocycles. The molecular weight excluding hydrogens is 238 g/mol. The van der Waals surface area contributed by atoms with Crippen LogP contribution in [0, 0.1) is 12.3 Å². The molecule has 0 saturated heterocycles. The Bertz CT molecular complexity index is 424. The summed E-state index contributed by atoms with van der Waals surface area (Å²) in [4.78, 5) is 12.0. The Morgan fingerprint density at radius 2 is 2.05 bits per heavy atom. The van der Waals surface area contributed by atoms with Crippen LogP contribution < -0.4 is 16.4 Å². The zero-order valence-electron chi connectivity index (χ0n) is 12.3. The fraction of sp³-hybridized carbons (Fsp3) is 0.533. The minimum absolute atomic E-state index is 0.0106. The molecule has 0 aliphatic rings. The van der Waals surface area contributed by atoms with Crippen LogP contribution in [0.5, 0.6) is 0 Å². The van der Waals surface area contributed by atoms with Gasteiger partial charge in [0, 0.05) is 11.7 Å². The van der Waals surface area contributed by atoms with Gasteiger partial charge in [-0.25, -0.2) is 4.79 Å². The third-order valence-corrected chi connectivity index (χ3v) is 3.08. The summed E-state index contributed by atoms with van der Waals surface area (Å²) in [5.41, 5.74) is 7.51. The molecule has 0 bridgehead atoms. The lowest BCUT2D eigenvalue weighted by Gasteiger charge is -2.31. The van der Waals surface area contributed by atoms with E-state index in [0.29, 0.717) is 6.54 Å². The van der Waals surface area contributed by atoms with Crippen molar-refractivity contribution in [3.63, 3.8) is 0 Å². The Labute approximate surface area is 115 Å². The Balaban J connectivity index is 2.63. The predicted molar refractivity (Wildman–Crippen MR) is 80.2 cm³/mol. The fourth-order valence-electron chi connectivity index (χ4n) is 1.94. The van der Waals surface area contributed by atoms with Gasteiger partial charge in [0.15, 0.2) is 0 Å². The number of rotatable bonds is 4. The van der Waals surface area contributed by atoms with E-state index in [4.69, 9.17) is 5.73 Å². The van der Waals surface area contributed by atoms with Gasteiger partial charge in [0.1, 0.15) is 0 Å². The van der Waals surface area contributed by atoms with Gasteiger partial charge in [-0.3, -0.25) is 0 Å². The molecule has 4 heteroatoms. The van der Waals surface area contributed by atoms with Crippen molar-refractivity contribution < 1.29 is 4.79 Å². The van der Waals surface area contributed by atoms with Crippen LogP contribution in [0.15, 0.2) is 24.3 Å². The molecule has 19 heavy (non-hydrogen) atoms. The standard InChI is InChI=1S/C15H25N3O/c1-11-6-5-7-12(10-11)17-14(19)18-13(8-9-16)15(2,3)4/h5-7,10,13H,8-9,16H2,1-4H3,(H2,17,18,19). The van der Waals surface area contributed by atoms with E-state index in [9.17, 15) is 4.79 Å². The molecule has 0 radical (unpaired) electrons. The average molecular weight is 263 g/mol. The highest BCUT2D eigenvalue weighted by Crippen LogP contribution is 2.21. The van der Waals surface area contributed by atoms with Gasteiger partial charge in [0.05, 0.1) is 0 Å². The summed E-state index contributed by atoms with van der Waals surface area (Å²) in [6, 6.07) is 7.61. The van der Waals surface area contributed by atoms with Crippen molar-refractivity contribution in [1.82, 2.24) is 5.32 Å². The van der Waals surface area contributed by atoms with E-state index in [2.05, 4.69) is 31.4 Å². The van der Waals surface area contributed by atoms with E-state index >= 15 is 0 Å². The molecule has 106 valence electrons. The second kappa shape index (κ2) is 6.57. The topological polar surface area (TPSA) is 67.2 Å². The Hall–Kier alpha value is -1.55. The summed E-state index contributed by atoms with van der Waals surface area (Å²) >= 11 is 0. The number of aryl methyl sites for hydroxylation is 1. The minimum Gasteiger partial charge on any atom is -0.335 e. The number of benzene rings is 1. The van der Waals surface area contributed by atoms with Gasteiger partial charge < -0.3 is 16.4 Å². The molecule has 0 aromatic heterocycles. The van der Waals surface area contributed by atoms with Gasteiger partial charge in [-0.15, -0.1) is 0 Å². The maximum atomic E-state index is 12.0. The lowest BCUT2D eigenvalue weighted by Crippen LogP contribution is -2.46. The normalized spacial score (nSPS) is 12.9. The largest absolute Gasteiger partial charge is 0.335 e. The van der Waals surface area contributed by atoms with Crippen LogP contribution >= 0.6 is 0 Å². The summed E-state index contributed by atoms with van der Waals surface area (Å²) in [5.74, 6) is 0. The molecule has 0 spiro atoms. The first-order valence-corrected chi connectivity index (χ1v) is 6.67. The van der Waals surface area contributed by atoms with E-state index in [1.807, 2.05) is 31.2 Å². The molecule has 0 saturated carbocycles. The number of anilines is 1. The highest BCUT2D eigenvalue weighted by atomic mass is 16.2. The number of amides is 2. The highest BCUT2D eigenvalue weighted by Gasteiger charge is 2.25. The van der Waals surface area contributed by atoms with E-state index in [0.717, 1.165) is 17.7 Å². The van der Waals surface area contributed by atoms with Crippen molar-refractivity contribution in [3.8, 4) is 0 Å². The van der Waals surface area contributed by atoms with Crippen LogP contribution in [0.3, 0.4) is 0 Å². The molecule has 4 N–H and O–H groups in total. The molecule has 1 rings (SSSR count). The molecule has 0 fully saturated rings. The van der Waals surface area contributed by atoms with Crippen LogP contribution in [0.2, 0.25) is 0 Å². The molecule has 0 aliphatic carbocycles. The molecule has 1 atom stereocenters. The van der Waals surface area contributed by atoms with E-state index in [-0.39, 0.29) is 17.5 Å². The van der Waals surface area contributed by atoms with Crippen LogP contribution in [-0.2, 0) is 0 Å². The first-order valence-electron chi connectivity index (χ1n) is 6.67. The van der Waals surface area contributed by atoms with E-state index in [1.165, 1.54) is 0 Å². The van der Waals surface area contributed by atoms with Crippen LogP contribution in [0.1, 0.15) is 32.8 Å². The molecule has 1 unspecified atom stereocenters. The maximum absolute atomic E-state index is 12.0. The second-order valence-electron chi connectivity index (χ2n) is 5.96. The molecule has 4 nitrogen and oxygen atoms in total. The Morgan fingerprint density at radius 1 is 1.37 bits per heavy atom. The summed E-state index contributed by atoms with van der Waals surface area (Å²) < 4.78 is 0. The van der Waals surface area contributed by atoms with Crippen molar-refractivity contribution in [2.75, 3.05) is 11.9 Å². The molecule has 0 heterocycles. The van der Waals surface area contributed by atoms with Gasteiger partial charge in [-0.1, -0.05) is 32.9 Å². The summed E-state index contributed by atoms with van der Waals surface area (Å²) in [7, 11) is 0. The number of carbonyl (C=O) groups is 1. The lowest BCUT2D eigenvalue weighted by atomic mass is 9.85. The number of carbonyl (C=O) groups excluding carboxylic acids is 1. The summed E-state index contributed by atoms with van der Waals surface area (Å²) in [6.45, 7) is 8.85. The Morgan fingerprint density at radius 3 is 2.58 bits per heavy atom. The monoisotopic (exact) mass is 263 g/mol. The molecule has 1 aromatic rings. The van der Waals surface area contributed by atoms with Gasteiger partial charge in [-0.2, -0.15) is 0 Å². The van der Waals surface area contributed by atoms with Gasteiger partial charge >= 0.3 is 6.03 Å². The van der Waals surface area contributed by atoms with Crippen LogP contribution in [0.4, 0.5) is 10.5 Å². The molecule has 2 amide bonds.